The molecule has 1 aromatic carbocycles. The minimum atomic E-state index is -0.191. The van der Waals surface area contributed by atoms with Crippen molar-refractivity contribution in [2.75, 3.05) is 13.2 Å². The normalized spacial score (nSPS) is 11.9. The summed E-state index contributed by atoms with van der Waals surface area (Å²) in [6, 6.07) is 8.22. The second-order valence-electron chi connectivity index (χ2n) is 6.05. The highest BCUT2D eigenvalue weighted by Crippen LogP contribution is 2.21. The number of benzene rings is 1. The van der Waals surface area contributed by atoms with E-state index in [9.17, 15) is 4.79 Å². The fourth-order valence-corrected chi connectivity index (χ4v) is 3.02. The zero-order valence-corrected chi connectivity index (χ0v) is 16.9. The van der Waals surface area contributed by atoms with Gasteiger partial charge in [-0.3, -0.25) is 4.79 Å². The minimum absolute atomic E-state index is 0.161. The smallest absolute Gasteiger partial charge is 0.256 e. The molecule has 2 heterocycles. The summed E-state index contributed by atoms with van der Waals surface area (Å²) in [4.78, 5) is 20.4. The van der Waals surface area contributed by atoms with Crippen LogP contribution in [0.4, 0.5) is 0 Å². The second kappa shape index (κ2) is 9.03. The van der Waals surface area contributed by atoms with Crippen LogP contribution in [0.2, 0.25) is 10.0 Å². The Morgan fingerprint density at radius 1 is 1.18 bits per heavy atom. The van der Waals surface area contributed by atoms with Crippen molar-refractivity contribution in [2.24, 2.45) is 0 Å². The summed E-state index contributed by atoms with van der Waals surface area (Å²) < 4.78 is 5.70. The van der Waals surface area contributed by atoms with Crippen molar-refractivity contribution in [3.63, 3.8) is 0 Å². The number of carbonyl (C=O) groups excluding carboxylic acids is 1. The first kappa shape index (κ1) is 20.1. The Morgan fingerprint density at radius 2 is 1.89 bits per heavy atom. The number of nitrogens with zero attached hydrogens (tertiary/aromatic N) is 5. The largest absolute Gasteiger partial charge is 0.475 e. The molecule has 28 heavy (non-hydrogen) atoms. The highest BCUT2D eigenvalue weighted by molar-refractivity contribution is 6.31. The number of pyridine rings is 1. The maximum absolute atomic E-state index is 13.2. The molecule has 3 rings (SSSR count). The molecule has 2 aromatic heterocycles. The van der Waals surface area contributed by atoms with E-state index < -0.39 is 0 Å². The van der Waals surface area contributed by atoms with E-state index in [1.54, 1.807) is 47.6 Å². The van der Waals surface area contributed by atoms with Gasteiger partial charge < -0.3 is 9.64 Å². The van der Waals surface area contributed by atoms with Gasteiger partial charge in [-0.1, -0.05) is 23.2 Å². The molecule has 0 aliphatic carbocycles. The fraction of sp³-hybridized carbons (Fsp3) is 0.263. The van der Waals surface area contributed by atoms with Crippen molar-refractivity contribution in [2.45, 2.75) is 19.9 Å². The summed E-state index contributed by atoms with van der Waals surface area (Å²) >= 11 is 11.9. The van der Waals surface area contributed by atoms with Gasteiger partial charge in [-0.2, -0.15) is 15.0 Å². The van der Waals surface area contributed by atoms with E-state index in [1.165, 1.54) is 11.0 Å². The van der Waals surface area contributed by atoms with E-state index in [-0.39, 0.29) is 18.6 Å². The Bertz CT molecular complexity index is 932. The van der Waals surface area contributed by atoms with E-state index in [0.717, 1.165) is 0 Å². The molecule has 1 amide bonds. The summed E-state index contributed by atoms with van der Waals surface area (Å²) in [5.74, 6) is 0.291. The zero-order valence-electron chi connectivity index (χ0n) is 15.4. The van der Waals surface area contributed by atoms with E-state index in [2.05, 4.69) is 15.2 Å². The number of amides is 1. The van der Waals surface area contributed by atoms with Gasteiger partial charge in [0.05, 0.1) is 34.7 Å². The molecule has 3 aromatic rings. The second-order valence-corrected chi connectivity index (χ2v) is 6.92. The summed E-state index contributed by atoms with van der Waals surface area (Å²) in [6.07, 6.45) is 4.60. The van der Waals surface area contributed by atoms with Crippen LogP contribution >= 0.6 is 23.2 Å². The topological polar surface area (TPSA) is 73.1 Å². The van der Waals surface area contributed by atoms with Crippen LogP contribution in [0.1, 0.15) is 24.2 Å². The monoisotopic (exact) mass is 419 g/mol. The molecule has 0 fully saturated rings. The molecular weight excluding hydrogens is 401 g/mol. The maximum atomic E-state index is 13.2. The van der Waals surface area contributed by atoms with Gasteiger partial charge in [0, 0.05) is 23.8 Å². The van der Waals surface area contributed by atoms with Crippen LogP contribution in [0.15, 0.2) is 48.9 Å². The third-order valence-corrected chi connectivity index (χ3v) is 4.59. The van der Waals surface area contributed by atoms with Gasteiger partial charge in [0.1, 0.15) is 6.61 Å². The molecule has 1 unspecified atom stereocenters. The lowest BCUT2D eigenvalue weighted by atomic mass is 10.1. The summed E-state index contributed by atoms with van der Waals surface area (Å²) in [5, 5.41) is 9.27. The number of halogens is 2. The zero-order chi connectivity index (χ0) is 20.1. The van der Waals surface area contributed by atoms with Crippen LogP contribution < -0.4 is 4.74 Å². The molecule has 0 saturated heterocycles. The van der Waals surface area contributed by atoms with Gasteiger partial charge in [0.2, 0.25) is 5.88 Å². The summed E-state index contributed by atoms with van der Waals surface area (Å²) in [5.41, 5.74) is 0.979. The third kappa shape index (κ3) is 4.61. The molecular formula is C19H19Cl2N5O2. The molecule has 0 N–H and O–H groups in total. The fourth-order valence-electron chi connectivity index (χ4n) is 2.74. The van der Waals surface area contributed by atoms with Gasteiger partial charge in [-0.05, 0) is 38.1 Å². The molecule has 9 heteroatoms. The van der Waals surface area contributed by atoms with Gasteiger partial charge in [0.15, 0.2) is 0 Å². The molecule has 0 radical (unpaired) electrons. The van der Waals surface area contributed by atoms with E-state index in [0.29, 0.717) is 33.7 Å². The number of hydrogen-bond acceptors (Lipinski definition) is 5. The average Bonchev–Trinajstić information content (AvgIpc) is 3.22. The van der Waals surface area contributed by atoms with Crippen molar-refractivity contribution in [3.05, 3.63) is 64.5 Å². The molecule has 0 aliphatic rings. The van der Waals surface area contributed by atoms with Gasteiger partial charge in [-0.15, -0.1) is 0 Å². The predicted molar refractivity (Wildman–Crippen MR) is 107 cm³/mol. The third-order valence-electron chi connectivity index (χ3n) is 4.13. The van der Waals surface area contributed by atoms with Crippen LogP contribution in [0.3, 0.4) is 0 Å². The first-order valence-corrected chi connectivity index (χ1v) is 9.46. The first-order valence-electron chi connectivity index (χ1n) is 8.71. The lowest BCUT2D eigenvalue weighted by molar-refractivity contribution is 0.0646. The summed E-state index contributed by atoms with van der Waals surface area (Å²) in [6.45, 7) is 4.62. The van der Waals surface area contributed by atoms with Gasteiger partial charge in [-0.25, -0.2) is 4.98 Å². The molecule has 0 spiro atoms. The van der Waals surface area contributed by atoms with Crippen LogP contribution in [-0.4, -0.2) is 50.0 Å². The molecule has 0 bridgehead atoms. The van der Waals surface area contributed by atoms with Crippen LogP contribution in [0.5, 0.6) is 5.88 Å². The summed E-state index contributed by atoms with van der Waals surface area (Å²) in [7, 11) is 0. The maximum Gasteiger partial charge on any atom is 0.256 e. The molecule has 7 nitrogen and oxygen atoms in total. The number of aromatic nitrogens is 4. The number of likely N-dealkylation sites (N-methyl/N-ethyl adjacent to an activating group) is 1. The standard InChI is InChI=1S/C19H19Cl2N5O2/c1-3-25(13(2)12-28-18-7-5-15(21)11-22-18)19(27)16-6-4-14(20)10-17(16)26-23-8-9-24-26/h4-11,13H,3,12H2,1-2H3. The molecule has 0 saturated carbocycles. The number of ether oxygens (including phenoxy) is 1. The number of rotatable bonds is 7. The molecule has 1 atom stereocenters. The van der Waals surface area contributed by atoms with Crippen molar-refractivity contribution in [1.82, 2.24) is 24.9 Å². The predicted octanol–water partition coefficient (Wildman–Crippen LogP) is 3.90. The van der Waals surface area contributed by atoms with Crippen molar-refractivity contribution in [3.8, 4) is 11.6 Å². The Morgan fingerprint density at radius 3 is 2.54 bits per heavy atom. The number of hydrogen-bond donors (Lipinski definition) is 0. The Kier molecular flexibility index (Phi) is 6.49. The van der Waals surface area contributed by atoms with E-state index in [4.69, 9.17) is 27.9 Å². The molecule has 146 valence electrons. The van der Waals surface area contributed by atoms with Gasteiger partial charge >= 0.3 is 0 Å². The average molecular weight is 420 g/mol. The minimum Gasteiger partial charge on any atom is -0.475 e. The van der Waals surface area contributed by atoms with E-state index in [1.807, 2.05) is 13.8 Å². The van der Waals surface area contributed by atoms with Gasteiger partial charge in [0.25, 0.3) is 5.91 Å². The van der Waals surface area contributed by atoms with E-state index >= 15 is 0 Å². The van der Waals surface area contributed by atoms with Crippen LogP contribution in [-0.2, 0) is 0 Å². The molecule has 0 aliphatic heterocycles. The quantitative estimate of drug-likeness (QED) is 0.580. The lowest BCUT2D eigenvalue weighted by Gasteiger charge is -2.28. The SMILES string of the molecule is CCN(C(=O)c1ccc(Cl)cc1-n1nccn1)C(C)COc1ccc(Cl)cn1. The highest BCUT2D eigenvalue weighted by Gasteiger charge is 2.24. The van der Waals surface area contributed by atoms with Crippen molar-refractivity contribution >= 4 is 29.1 Å². The Labute approximate surface area is 172 Å². The lowest BCUT2D eigenvalue weighted by Crippen LogP contribution is -2.42. The van der Waals surface area contributed by atoms with Crippen molar-refractivity contribution < 1.29 is 9.53 Å². The van der Waals surface area contributed by atoms with Crippen LogP contribution in [0, 0.1) is 0 Å². The Hall–Kier alpha value is -2.64. The van der Waals surface area contributed by atoms with Crippen molar-refractivity contribution in [1.29, 1.82) is 0 Å². The van der Waals surface area contributed by atoms with Crippen LogP contribution in [0.25, 0.3) is 5.69 Å². The Balaban J connectivity index is 1.78. The number of carbonyl (C=O) groups is 1. The first-order chi connectivity index (χ1) is 13.5. The highest BCUT2D eigenvalue weighted by atomic mass is 35.5.